The molecular formula is C22H27BrN4O. The minimum Gasteiger partial charge on any atom is -0.357 e. The van der Waals surface area contributed by atoms with Crippen molar-refractivity contribution in [2.75, 3.05) is 20.6 Å². The van der Waals surface area contributed by atoms with E-state index in [1.807, 2.05) is 24.3 Å². The van der Waals surface area contributed by atoms with Crippen LogP contribution in [0.3, 0.4) is 0 Å². The number of guanidine groups is 1. The molecule has 3 rings (SSSR count). The Kier molecular flexibility index (Phi) is 6.73. The van der Waals surface area contributed by atoms with Crippen LogP contribution in [0, 0.1) is 0 Å². The van der Waals surface area contributed by atoms with Gasteiger partial charge in [0.05, 0.1) is 6.54 Å². The van der Waals surface area contributed by atoms with E-state index in [-0.39, 0.29) is 5.91 Å². The lowest BCUT2D eigenvalue weighted by Crippen LogP contribution is -2.39. The summed E-state index contributed by atoms with van der Waals surface area (Å²) in [6, 6.07) is 16.6. The van der Waals surface area contributed by atoms with Gasteiger partial charge in [0.25, 0.3) is 5.91 Å². The minimum atomic E-state index is 0.0118. The molecule has 1 aliphatic rings. The number of nitrogens with zero attached hydrogens (tertiary/aromatic N) is 2. The highest BCUT2D eigenvalue weighted by Gasteiger charge is 2.38. The Balaban J connectivity index is 1.59. The molecule has 1 amide bonds. The maximum Gasteiger partial charge on any atom is 0.253 e. The molecular weight excluding hydrogens is 416 g/mol. The minimum absolute atomic E-state index is 0.0118. The van der Waals surface area contributed by atoms with Crippen LogP contribution in [-0.2, 0) is 6.54 Å². The third kappa shape index (κ3) is 5.35. The van der Waals surface area contributed by atoms with Crippen molar-refractivity contribution in [1.82, 2.24) is 15.5 Å². The first-order valence-corrected chi connectivity index (χ1v) is 10.4. The van der Waals surface area contributed by atoms with Crippen molar-refractivity contribution in [1.29, 1.82) is 0 Å². The molecule has 148 valence electrons. The van der Waals surface area contributed by atoms with Crippen LogP contribution in [-0.4, -0.2) is 43.4 Å². The lowest BCUT2D eigenvalue weighted by atomic mass is 10.1. The summed E-state index contributed by atoms with van der Waals surface area (Å²) in [7, 11) is 3.52. The molecule has 0 aromatic heterocycles. The summed E-state index contributed by atoms with van der Waals surface area (Å²) in [5, 5.41) is 6.86. The average Bonchev–Trinajstić information content (AvgIpc) is 3.45. The molecule has 6 heteroatoms. The highest BCUT2D eigenvalue weighted by molar-refractivity contribution is 9.10. The number of amides is 1. The molecule has 2 N–H and O–H groups in total. The highest BCUT2D eigenvalue weighted by atomic mass is 79.9. The molecule has 0 aliphatic heterocycles. The van der Waals surface area contributed by atoms with Crippen LogP contribution in [0.4, 0.5) is 0 Å². The van der Waals surface area contributed by atoms with E-state index < -0.39 is 0 Å². The summed E-state index contributed by atoms with van der Waals surface area (Å²) >= 11 is 3.49. The molecule has 2 aromatic rings. The quantitative estimate of drug-likeness (QED) is 0.528. The lowest BCUT2D eigenvalue weighted by Gasteiger charge is -2.12. The number of hydrogen-bond acceptors (Lipinski definition) is 2. The van der Waals surface area contributed by atoms with Crippen LogP contribution in [0.1, 0.15) is 40.7 Å². The number of carbonyl (C=O) groups is 1. The Hall–Kier alpha value is -2.34. The first kappa shape index (κ1) is 20.4. The van der Waals surface area contributed by atoms with E-state index in [4.69, 9.17) is 4.99 Å². The maximum atomic E-state index is 12.0. The van der Waals surface area contributed by atoms with Crippen molar-refractivity contribution in [3.8, 4) is 0 Å². The second kappa shape index (κ2) is 9.24. The molecule has 2 atom stereocenters. The second-order valence-electron chi connectivity index (χ2n) is 7.24. The average molecular weight is 443 g/mol. The van der Waals surface area contributed by atoms with Gasteiger partial charge < -0.3 is 15.5 Å². The van der Waals surface area contributed by atoms with E-state index in [0.717, 1.165) is 29.0 Å². The molecule has 1 aliphatic carbocycles. The number of halogens is 1. The molecule has 2 unspecified atom stereocenters. The Bertz CT molecular complexity index is 831. The predicted molar refractivity (Wildman–Crippen MR) is 118 cm³/mol. The molecule has 0 heterocycles. The van der Waals surface area contributed by atoms with Crippen molar-refractivity contribution < 1.29 is 4.79 Å². The van der Waals surface area contributed by atoms with Crippen LogP contribution in [0.25, 0.3) is 0 Å². The molecule has 5 nitrogen and oxygen atoms in total. The van der Waals surface area contributed by atoms with Gasteiger partial charge in [-0.1, -0.05) is 40.2 Å². The topological polar surface area (TPSA) is 56.7 Å². The van der Waals surface area contributed by atoms with Crippen LogP contribution in [0.2, 0.25) is 0 Å². The first-order valence-electron chi connectivity index (χ1n) is 9.59. The summed E-state index contributed by atoms with van der Waals surface area (Å²) in [5.41, 5.74) is 3.13. The van der Waals surface area contributed by atoms with Gasteiger partial charge in [0.2, 0.25) is 0 Å². The molecule has 2 aromatic carbocycles. The smallest absolute Gasteiger partial charge is 0.253 e. The Morgan fingerprint density at radius 2 is 1.82 bits per heavy atom. The predicted octanol–water partition coefficient (Wildman–Crippen LogP) is 3.76. The zero-order valence-corrected chi connectivity index (χ0v) is 18.2. The maximum absolute atomic E-state index is 12.0. The van der Waals surface area contributed by atoms with Gasteiger partial charge in [0.1, 0.15) is 0 Å². The van der Waals surface area contributed by atoms with E-state index in [9.17, 15) is 4.79 Å². The zero-order valence-electron chi connectivity index (χ0n) is 16.6. The van der Waals surface area contributed by atoms with Gasteiger partial charge in [-0.05, 0) is 48.7 Å². The lowest BCUT2D eigenvalue weighted by molar-refractivity contribution is 0.0827. The normalized spacial score (nSPS) is 18.5. The fraction of sp³-hybridized carbons (Fsp3) is 0.364. The SMILES string of the molecule is CCNC(=NCc1ccc(C(=O)N(C)C)cc1)NC1CC1c1ccc(Br)cc1. The van der Waals surface area contributed by atoms with Gasteiger partial charge in [0.15, 0.2) is 5.96 Å². The van der Waals surface area contributed by atoms with Gasteiger partial charge in [-0.15, -0.1) is 0 Å². The van der Waals surface area contributed by atoms with E-state index in [0.29, 0.717) is 24.1 Å². The Morgan fingerprint density at radius 1 is 1.14 bits per heavy atom. The third-order valence-electron chi connectivity index (χ3n) is 4.78. The van der Waals surface area contributed by atoms with Gasteiger partial charge in [-0.2, -0.15) is 0 Å². The van der Waals surface area contributed by atoms with Gasteiger partial charge in [0, 0.05) is 42.6 Å². The Labute approximate surface area is 175 Å². The third-order valence-corrected chi connectivity index (χ3v) is 5.31. The summed E-state index contributed by atoms with van der Waals surface area (Å²) in [5.74, 6) is 1.38. The molecule has 1 fully saturated rings. The summed E-state index contributed by atoms with van der Waals surface area (Å²) in [4.78, 5) is 18.3. The van der Waals surface area contributed by atoms with E-state index >= 15 is 0 Å². The number of nitrogens with one attached hydrogen (secondary N) is 2. The molecule has 0 radical (unpaired) electrons. The number of hydrogen-bond donors (Lipinski definition) is 2. The molecule has 1 saturated carbocycles. The Morgan fingerprint density at radius 3 is 2.43 bits per heavy atom. The van der Waals surface area contributed by atoms with Gasteiger partial charge in [-0.3, -0.25) is 4.79 Å². The van der Waals surface area contributed by atoms with Crippen LogP contribution >= 0.6 is 15.9 Å². The number of carbonyl (C=O) groups excluding carboxylic acids is 1. The van der Waals surface area contributed by atoms with Crippen molar-refractivity contribution in [3.05, 3.63) is 69.7 Å². The summed E-state index contributed by atoms with van der Waals surface area (Å²) in [6.45, 7) is 3.46. The van der Waals surface area contributed by atoms with E-state index in [1.54, 1.807) is 19.0 Å². The van der Waals surface area contributed by atoms with Crippen LogP contribution < -0.4 is 10.6 Å². The van der Waals surface area contributed by atoms with E-state index in [2.05, 4.69) is 57.8 Å². The van der Waals surface area contributed by atoms with Crippen molar-refractivity contribution >= 4 is 27.8 Å². The fourth-order valence-electron chi connectivity index (χ4n) is 3.11. The largest absolute Gasteiger partial charge is 0.357 e. The standard InChI is InChI=1S/C22H27BrN4O/c1-4-24-22(26-20-13-19(20)16-9-11-18(23)12-10-16)25-14-15-5-7-17(8-6-15)21(28)27(2)3/h5-12,19-20H,4,13-14H2,1-3H3,(H2,24,25,26). The van der Waals surface area contributed by atoms with E-state index in [1.165, 1.54) is 5.56 Å². The molecule has 0 spiro atoms. The van der Waals surface area contributed by atoms with Crippen molar-refractivity contribution in [2.45, 2.75) is 31.8 Å². The number of benzene rings is 2. The number of rotatable bonds is 6. The van der Waals surface area contributed by atoms with Gasteiger partial charge >= 0.3 is 0 Å². The summed E-state index contributed by atoms with van der Waals surface area (Å²) in [6.07, 6.45) is 1.12. The highest BCUT2D eigenvalue weighted by Crippen LogP contribution is 2.41. The number of aliphatic imine (C=N–C) groups is 1. The summed E-state index contributed by atoms with van der Waals surface area (Å²) < 4.78 is 1.11. The van der Waals surface area contributed by atoms with Gasteiger partial charge in [-0.25, -0.2) is 4.99 Å². The molecule has 0 bridgehead atoms. The van der Waals surface area contributed by atoms with Crippen molar-refractivity contribution in [3.63, 3.8) is 0 Å². The monoisotopic (exact) mass is 442 g/mol. The fourth-order valence-corrected chi connectivity index (χ4v) is 3.37. The molecule has 28 heavy (non-hydrogen) atoms. The first-order chi connectivity index (χ1) is 13.5. The van der Waals surface area contributed by atoms with Crippen LogP contribution in [0.15, 0.2) is 58.0 Å². The van der Waals surface area contributed by atoms with Crippen molar-refractivity contribution in [2.24, 2.45) is 4.99 Å². The second-order valence-corrected chi connectivity index (χ2v) is 8.15. The van der Waals surface area contributed by atoms with Crippen LogP contribution in [0.5, 0.6) is 0 Å². The zero-order chi connectivity index (χ0) is 20.1. The molecule has 0 saturated heterocycles.